The largest absolute Gasteiger partial charge is 0.279 e. The smallest absolute Gasteiger partial charge is 0.267 e. The summed E-state index contributed by atoms with van der Waals surface area (Å²) in [6, 6.07) is 8.57. The van der Waals surface area contributed by atoms with Gasteiger partial charge in [0.1, 0.15) is 5.82 Å². The van der Waals surface area contributed by atoms with Gasteiger partial charge in [0.05, 0.1) is 14.8 Å². The van der Waals surface area contributed by atoms with Gasteiger partial charge in [-0.05, 0) is 24.3 Å². The number of thiophene rings is 1. The second kappa shape index (κ2) is 5.81. The van der Waals surface area contributed by atoms with Crippen molar-refractivity contribution in [2.45, 2.75) is 0 Å². The second-order valence-corrected chi connectivity index (χ2v) is 5.21. The van der Waals surface area contributed by atoms with Crippen LogP contribution in [0.4, 0.5) is 4.39 Å². The van der Waals surface area contributed by atoms with E-state index in [1.54, 1.807) is 6.07 Å². The highest BCUT2D eigenvalue weighted by molar-refractivity contribution is 7.17. The number of hydrazine groups is 1. The summed E-state index contributed by atoms with van der Waals surface area (Å²) in [7, 11) is 0. The number of nitrogens with one attached hydrogen (secondary N) is 2. The van der Waals surface area contributed by atoms with Gasteiger partial charge in [0.25, 0.3) is 11.8 Å². The van der Waals surface area contributed by atoms with Crippen LogP contribution < -0.4 is 10.9 Å². The fourth-order valence-electron chi connectivity index (χ4n) is 1.32. The van der Waals surface area contributed by atoms with E-state index in [-0.39, 0.29) is 5.56 Å². The lowest BCUT2D eigenvalue weighted by atomic mass is 10.2. The van der Waals surface area contributed by atoms with Gasteiger partial charge in [-0.2, -0.15) is 0 Å². The summed E-state index contributed by atoms with van der Waals surface area (Å²) in [5.41, 5.74) is 4.17. The molecule has 2 aromatic rings. The maximum absolute atomic E-state index is 13.3. The van der Waals surface area contributed by atoms with Gasteiger partial charge < -0.3 is 0 Å². The second-order valence-electron chi connectivity index (χ2n) is 3.49. The number of amides is 2. The van der Waals surface area contributed by atoms with E-state index in [1.165, 1.54) is 24.3 Å². The molecule has 0 saturated heterocycles. The van der Waals surface area contributed by atoms with E-state index in [0.29, 0.717) is 9.21 Å². The van der Waals surface area contributed by atoms with Crippen molar-refractivity contribution in [1.29, 1.82) is 0 Å². The Morgan fingerprint density at radius 3 is 2.37 bits per heavy atom. The topological polar surface area (TPSA) is 58.2 Å². The van der Waals surface area contributed by atoms with Crippen LogP contribution in [0.5, 0.6) is 0 Å². The Kier molecular flexibility index (Phi) is 4.13. The number of hydrogen-bond acceptors (Lipinski definition) is 3. The quantitative estimate of drug-likeness (QED) is 0.837. The van der Waals surface area contributed by atoms with Crippen LogP contribution in [0.1, 0.15) is 20.0 Å². The van der Waals surface area contributed by atoms with Crippen LogP contribution in [-0.4, -0.2) is 11.8 Å². The molecule has 4 nitrogen and oxygen atoms in total. The Morgan fingerprint density at radius 2 is 1.74 bits per heavy atom. The number of carbonyl (C=O) groups is 2. The first kappa shape index (κ1) is 13.5. The molecule has 0 aliphatic rings. The van der Waals surface area contributed by atoms with Gasteiger partial charge in [0.2, 0.25) is 0 Å². The molecular weight excluding hydrogens is 291 g/mol. The Bertz CT molecular complexity index is 630. The fraction of sp³-hybridized carbons (Fsp3) is 0. The van der Waals surface area contributed by atoms with Crippen LogP contribution in [0.3, 0.4) is 0 Å². The summed E-state index contributed by atoms with van der Waals surface area (Å²) >= 11 is 6.76. The number of halogens is 2. The molecular formula is C12H8ClFN2O2S. The molecule has 2 amide bonds. The van der Waals surface area contributed by atoms with Crippen molar-refractivity contribution in [3.8, 4) is 0 Å². The first-order chi connectivity index (χ1) is 9.08. The highest BCUT2D eigenvalue weighted by Gasteiger charge is 2.13. The van der Waals surface area contributed by atoms with E-state index in [4.69, 9.17) is 11.6 Å². The van der Waals surface area contributed by atoms with Crippen LogP contribution in [0.25, 0.3) is 0 Å². The zero-order valence-electron chi connectivity index (χ0n) is 9.44. The molecule has 0 aliphatic heterocycles. The average Bonchev–Trinajstić information content (AvgIpc) is 2.83. The number of benzene rings is 1. The SMILES string of the molecule is O=C(NNC(=O)c1ccccc1F)c1ccc(Cl)s1. The van der Waals surface area contributed by atoms with Gasteiger partial charge in [0, 0.05) is 0 Å². The molecule has 2 rings (SSSR count). The molecule has 1 aromatic heterocycles. The number of hydrogen-bond donors (Lipinski definition) is 2. The lowest BCUT2D eigenvalue weighted by molar-refractivity contribution is 0.0846. The summed E-state index contributed by atoms with van der Waals surface area (Å²) in [4.78, 5) is 23.6. The molecule has 7 heteroatoms. The number of carbonyl (C=O) groups excluding carboxylic acids is 2. The minimum atomic E-state index is -0.728. The molecule has 0 bridgehead atoms. The van der Waals surface area contributed by atoms with Crippen LogP contribution in [0.2, 0.25) is 4.34 Å². The van der Waals surface area contributed by atoms with E-state index in [0.717, 1.165) is 17.4 Å². The third-order valence-corrected chi connectivity index (χ3v) is 3.43. The van der Waals surface area contributed by atoms with Gasteiger partial charge >= 0.3 is 0 Å². The zero-order chi connectivity index (χ0) is 13.8. The minimum absolute atomic E-state index is 0.146. The zero-order valence-corrected chi connectivity index (χ0v) is 11.0. The van der Waals surface area contributed by atoms with E-state index in [1.807, 2.05) is 0 Å². The third-order valence-electron chi connectivity index (χ3n) is 2.21. The van der Waals surface area contributed by atoms with Crippen molar-refractivity contribution in [2.24, 2.45) is 0 Å². The highest BCUT2D eigenvalue weighted by atomic mass is 35.5. The van der Waals surface area contributed by atoms with Crippen molar-refractivity contribution in [3.05, 3.63) is 57.0 Å². The monoisotopic (exact) mass is 298 g/mol. The normalized spacial score (nSPS) is 10.0. The predicted octanol–water partition coefficient (Wildman–Crippen LogP) is 2.62. The van der Waals surface area contributed by atoms with E-state index < -0.39 is 17.6 Å². The van der Waals surface area contributed by atoms with Gasteiger partial charge in [0.15, 0.2) is 0 Å². The summed E-state index contributed by atoms with van der Waals surface area (Å²) in [5, 5.41) is 0. The Balaban J connectivity index is 1.98. The van der Waals surface area contributed by atoms with Gasteiger partial charge in [-0.25, -0.2) is 4.39 Å². The van der Waals surface area contributed by atoms with Crippen molar-refractivity contribution in [3.63, 3.8) is 0 Å². The Labute approximate surface area is 117 Å². The molecule has 0 aliphatic carbocycles. The lowest BCUT2D eigenvalue weighted by Crippen LogP contribution is -2.41. The molecule has 0 saturated carbocycles. The lowest BCUT2D eigenvalue weighted by Gasteiger charge is -2.06. The predicted molar refractivity (Wildman–Crippen MR) is 70.7 cm³/mol. The number of rotatable bonds is 2. The van der Waals surface area contributed by atoms with Crippen molar-refractivity contribution in [2.75, 3.05) is 0 Å². The molecule has 0 fully saturated rings. The first-order valence-electron chi connectivity index (χ1n) is 5.18. The third kappa shape index (κ3) is 3.30. The molecule has 0 spiro atoms. The van der Waals surface area contributed by atoms with Crippen molar-refractivity contribution in [1.82, 2.24) is 10.9 Å². The van der Waals surface area contributed by atoms with Crippen LogP contribution >= 0.6 is 22.9 Å². The summed E-state index contributed by atoms with van der Waals surface area (Å²) < 4.78 is 13.8. The van der Waals surface area contributed by atoms with Crippen molar-refractivity contribution >= 4 is 34.8 Å². The van der Waals surface area contributed by atoms with Gasteiger partial charge in [-0.3, -0.25) is 20.4 Å². The molecule has 1 aromatic carbocycles. The summed E-state index contributed by atoms with van der Waals surface area (Å²) in [6.45, 7) is 0. The van der Waals surface area contributed by atoms with Gasteiger partial charge in [-0.1, -0.05) is 23.7 Å². The summed E-state index contributed by atoms with van der Waals surface area (Å²) in [5.74, 6) is -1.90. The maximum Gasteiger partial charge on any atom is 0.279 e. The van der Waals surface area contributed by atoms with Gasteiger partial charge in [-0.15, -0.1) is 11.3 Å². The van der Waals surface area contributed by atoms with Crippen LogP contribution in [0, 0.1) is 5.82 Å². The Morgan fingerprint density at radius 1 is 1.05 bits per heavy atom. The highest BCUT2D eigenvalue weighted by Crippen LogP contribution is 2.20. The average molecular weight is 299 g/mol. The molecule has 0 unspecified atom stereocenters. The maximum atomic E-state index is 13.3. The van der Waals surface area contributed by atoms with Crippen molar-refractivity contribution < 1.29 is 14.0 Å². The van der Waals surface area contributed by atoms with Crippen LogP contribution in [0.15, 0.2) is 36.4 Å². The Hall–Kier alpha value is -1.92. The van der Waals surface area contributed by atoms with E-state index >= 15 is 0 Å². The van der Waals surface area contributed by atoms with E-state index in [2.05, 4.69) is 10.9 Å². The fourth-order valence-corrected chi connectivity index (χ4v) is 2.26. The van der Waals surface area contributed by atoms with E-state index in [9.17, 15) is 14.0 Å². The molecule has 19 heavy (non-hydrogen) atoms. The standard InChI is InChI=1S/C12H8ClFN2O2S/c13-10-6-5-9(19-10)12(18)16-15-11(17)7-3-1-2-4-8(7)14/h1-6H,(H,15,17)(H,16,18). The first-order valence-corrected chi connectivity index (χ1v) is 6.38. The minimum Gasteiger partial charge on any atom is -0.267 e. The molecule has 0 atom stereocenters. The molecule has 2 N–H and O–H groups in total. The molecule has 98 valence electrons. The molecule has 0 radical (unpaired) electrons. The summed E-state index contributed by atoms with van der Waals surface area (Å²) in [6.07, 6.45) is 0. The van der Waals surface area contributed by atoms with Crippen LogP contribution in [-0.2, 0) is 0 Å². The molecule has 1 heterocycles.